The molecule has 1 aromatic heterocycles. The lowest BCUT2D eigenvalue weighted by molar-refractivity contribution is 0.0933. The molecule has 1 aliphatic rings. The van der Waals surface area contributed by atoms with E-state index in [1.54, 1.807) is 0 Å². The zero-order valence-electron chi connectivity index (χ0n) is 11.4. The van der Waals surface area contributed by atoms with Crippen molar-refractivity contribution in [3.05, 3.63) is 23.9 Å². The molecule has 0 amide bonds. The van der Waals surface area contributed by atoms with Crippen LogP contribution in [0.25, 0.3) is 0 Å². The number of nitrogens with zero attached hydrogens (tertiary/aromatic N) is 2. The fraction of sp³-hybridized carbons (Fsp3) is 0.643. The number of ether oxygens (including phenoxy) is 1. The Bertz CT molecular complexity index is 370. The number of nitrogens with one attached hydrogen (secondary N) is 1. The van der Waals surface area contributed by atoms with Gasteiger partial charge in [-0.25, -0.2) is 4.98 Å². The number of aromatic nitrogens is 1. The van der Waals surface area contributed by atoms with Gasteiger partial charge in [0.1, 0.15) is 5.82 Å². The minimum absolute atomic E-state index is 0.388. The first kappa shape index (κ1) is 13.3. The molecule has 4 heteroatoms. The predicted molar refractivity (Wildman–Crippen MR) is 74.1 cm³/mol. The number of anilines is 1. The molecule has 2 rings (SSSR count). The van der Waals surface area contributed by atoms with Crippen molar-refractivity contribution in [2.45, 2.75) is 26.3 Å². The number of hydrogen-bond acceptors (Lipinski definition) is 4. The molecule has 100 valence electrons. The molecule has 1 atom stereocenters. The van der Waals surface area contributed by atoms with E-state index in [-0.39, 0.29) is 0 Å². The Morgan fingerprint density at radius 3 is 3.22 bits per heavy atom. The van der Waals surface area contributed by atoms with Crippen LogP contribution < -0.4 is 10.2 Å². The van der Waals surface area contributed by atoms with E-state index >= 15 is 0 Å². The van der Waals surface area contributed by atoms with Crippen molar-refractivity contribution in [1.29, 1.82) is 0 Å². The first-order valence-corrected chi connectivity index (χ1v) is 6.79. The number of rotatable bonds is 5. The van der Waals surface area contributed by atoms with E-state index < -0.39 is 0 Å². The zero-order valence-corrected chi connectivity index (χ0v) is 11.4. The van der Waals surface area contributed by atoms with Crippen LogP contribution in [0.1, 0.15) is 18.9 Å². The quantitative estimate of drug-likeness (QED) is 0.804. The summed E-state index contributed by atoms with van der Waals surface area (Å²) in [5.41, 5.74) is 1.24. The first-order valence-electron chi connectivity index (χ1n) is 6.79. The van der Waals surface area contributed by atoms with Gasteiger partial charge in [-0.1, -0.05) is 13.0 Å². The van der Waals surface area contributed by atoms with Gasteiger partial charge in [0.15, 0.2) is 0 Å². The van der Waals surface area contributed by atoms with Crippen LogP contribution in [0.3, 0.4) is 0 Å². The topological polar surface area (TPSA) is 37.4 Å². The van der Waals surface area contributed by atoms with E-state index in [9.17, 15) is 0 Å². The van der Waals surface area contributed by atoms with Crippen molar-refractivity contribution >= 4 is 5.82 Å². The number of hydrogen-bond donors (Lipinski definition) is 1. The molecule has 0 radical (unpaired) electrons. The number of aryl methyl sites for hydroxylation is 1. The highest BCUT2D eigenvalue weighted by Gasteiger charge is 2.24. The van der Waals surface area contributed by atoms with Gasteiger partial charge in [-0.2, -0.15) is 0 Å². The third kappa shape index (κ3) is 3.21. The van der Waals surface area contributed by atoms with Crippen molar-refractivity contribution in [1.82, 2.24) is 10.3 Å². The minimum atomic E-state index is 0.388. The fourth-order valence-electron chi connectivity index (χ4n) is 2.33. The highest BCUT2D eigenvalue weighted by molar-refractivity contribution is 5.47. The Balaban J connectivity index is 2.05. The van der Waals surface area contributed by atoms with Crippen LogP contribution in [0.4, 0.5) is 5.82 Å². The molecule has 1 aliphatic heterocycles. The van der Waals surface area contributed by atoms with Crippen LogP contribution in [-0.4, -0.2) is 43.9 Å². The van der Waals surface area contributed by atoms with Crippen LogP contribution in [-0.2, 0) is 4.74 Å². The Morgan fingerprint density at radius 2 is 2.44 bits per heavy atom. The van der Waals surface area contributed by atoms with Gasteiger partial charge in [-0.05, 0) is 31.5 Å². The summed E-state index contributed by atoms with van der Waals surface area (Å²) in [5, 5.41) is 3.47. The second-order valence-corrected chi connectivity index (χ2v) is 4.77. The molecule has 0 bridgehead atoms. The second kappa shape index (κ2) is 6.71. The largest absolute Gasteiger partial charge is 0.377 e. The van der Waals surface area contributed by atoms with Crippen LogP contribution in [0.15, 0.2) is 18.3 Å². The minimum Gasteiger partial charge on any atom is -0.377 e. The lowest BCUT2D eigenvalue weighted by atomic mass is 10.2. The highest BCUT2D eigenvalue weighted by atomic mass is 16.5. The Morgan fingerprint density at radius 1 is 1.56 bits per heavy atom. The van der Waals surface area contributed by atoms with Crippen molar-refractivity contribution < 1.29 is 4.74 Å². The summed E-state index contributed by atoms with van der Waals surface area (Å²) in [6.45, 7) is 8.83. The lowest BCUT2D eigenvalue weighted by Crippen LogP contribution is -2.51. The van der Waals surface area contributed by atoms with E-state index in [1.165, 1.54) is 5.56 Å². The Kier molecular flexibility index (Phi) is 4.96. The van der Waals surface area contributed by atoms with Crippen LogP contribution in [0, 0.1) is 6.92 Å². The monoisotopic (exact) mass is 249 g/mol. The number of morpholine rings is 1. The summed E-state index contributed by atoms with van der Waals surface area (Å²) >= 11 is 0. The molecule has 1 saturated heterocycles. The van der Waals surface area contributed by atoms with Gasteiger partial charge in [0.25, 0.3) is 0 Å². The average molecular weight is 249 g/mol. The van der Waals surface area contributed by atoms with Crippen molar-refractivity contribution in [2.24, 2.45) is 0 Å². The summed E-state index contributed by atoms with van der Waals surface area (Å²) in [7, 11) is 0. The van der Waals surface area contributed by atoms with E-state index in [2.05, 4.69) is 35.1 Å². The predicted octanol–water partition coefficient (Wildman–Crippen LogP) is 1.59. The zero-order chi connectivity index (χ0) is 12.8. The highest BCUT2D eigenvalue weighted by Crippen LogP contribution is 2.20. The maximum Gasteiger partial charge on any atom is 0.131 e. The van der Waals surface area contributed by atoms with Crippen LogP contribution in [0.5, 0.6) is 0 Å². The smallest absolute Gasteiger partial charge is 0.131 e. The standard InChI is InChI=1S/C14H23N3O/c1-3-6-15-10-13-11-18-9-8-17(13)14-12(2)5-4-7-16-14/h4-5,7,13,15H,3,6,8-11H2,1-2H3. The van der Waals surface area contributed by atoms with E-state index in [0.717, 1.165) is 45.1 Å². The van der Waals surface area contributed by atoms with E-state index in [0.29, 0.717) is 6.04 Å². The molecule has 0 aliphatic carbocycles. The summed E-state index contributed by atoms with van der Waals surface area (Å²) in [6.07, 6.45) is 3.03. The van der Waals surface area contributed by atoms with Crippen LogP contribution in [0.2, 0.25) is 0 Å². The van der Waals surface area contributed by atoms with Gasteiger partial charge >= 0.3 is 0 Å². The molecule has 0 spiro atoms. The SMILES string of the molecule is CCCNCC1COCCN1c1ncccc1C. The maximum absolute atomic E-state index is 5.59. The van der Waals surface area contributed by atoms with Gasteiger partial charge in [0.2, 0.25) is 0 Å². The van der Waals surface area contributed by atoms with E-state index in [1.807, 2.05) is 12.3 Å². The van der Waals surface area contributed by atoms with Gasteiger partial charge in [0.05, 0.1) is 19.3 Å². The fourth-order valence-corrected chi connectivity index (χ4v) is 2.33. The van der Waals surface area contributed by atoms with Gasteiger partial charge < -0.3 is 15.0 Å². The first-order chi connectivity index (χ1) is 8.83. The third-order valence-electron chi connectivity index (χ3n) is 3.29. The summed E-state index contributed by atoms with van der Waals surface area (Å²) in [6, 6.07) is 4.50. The third-order valence-corrected chi connectivity index (χ3v) is 3.29. The summed E-state index contributed by atoms with van der Waals surface area (Å²) in [5.74, 6) is 1.10. The van der Waals surface area contributed by atoms with Crippen molar-refractivity contribution in [3.8, 4) is 0 Å². The van der Waals surface area contributed by atoms with Gasteiger partial charge in [-0.3, -0.25) is 0 Å². The van der Waals surface area contributed by atoms with Crippen LogP contribution >= 0.6 is 0 Å². The molecule has 1 N–H and O–H groups in total. The average Bonchev–Trinajstić information content (AvgIpc) is 2.40. The molecule has 1 aromatic rings. The molecular weight excluding hydrogens is 226 g/mol. The normalized spacial score (nSPS) is 20.1. The molecule has 2 heterocycles. The molecule has 0 saturated carbocycles. The van der Waals surface area contributed by atoms with Crippen molar-refractivity contribution in [2.75, 3.05) is 37.7 Å². The molecule has 1 unspecified atom stereocenters. The molecule has 1 fully saturated rings. The lowest BCUT2D eigenvalue weighted by Gasteiger charge is -2.37. The van der Waals surface area contributed by atoms with Gasteiger partial charge in [0, 0.05) is 19.3 Å². The second-order valence-electron chi connectivity index (χ2n) is 4.77. The summed E-state index contributed by atoms with van der Waals surface area (Å²) in [4.78, 5) is 6.90. The van der Waals surface area contributed by atoms with Crippen molar-refractivity contribution in [3.63, 3.8) is 0 Å². The molecule has 4 nitrogen and oxygen atoms in total. The Hall–Kier alpha value is -1.13. The molecule has 0 aromatic carbocycles. The Labute approximate surface area is 109 Å². The maximum atomic E-state index is 5.59. The van der Waals surface area contributed by atoms with E-state index in [4.69, 9.17) is 4.74 Å². The number of pyridine rings is 1. The molecular formula is C14H23N3O. The van der Waals surface area contributed by atoms with Gasteiger partial charge in [-0.15, -0.1) is 0 Å². The molecule has 18 heavy (non-hydrogen) atoms. The summed E-state index contributed by atoms with van der Waals surface area (Å²) < 4.78 is 5.59.